The number of carbonyl (C=O) groups excluding carboxylic acids is 1. The van der Waals surface area contributed by atoms with Crippen LogP contribution in [0.4, 0.5) is 11.4 Å². The quantitative estimate of drug-likeness (QED) is 0.427. The first-order valence-corrected chi connectivity index (χ1v) is 11.1. The van der Waals surface area contributed by atoms with Crippen LogP contribution in [-0.2, 0) is 14.8 Å². The molecule has 0 atom stereocenters. The van der Waals surface area contributed by atoms with Gasteiger partial charge >= 0.3 is 0 Å². The molecule has 0 aromatic heterocycles. The number of anilines is 1. The van der Waals surface area contributed by atoms with Crippen molar-refractivity contribution in [2.45, 2.75) is 30.6 Å². The maximum absolute atomic E-state index is 12.8. The Balaban J connectivity index is 1.64. The van der Waals surface area contributed by atoms with Gasteiger partial charge in [-0.2, -0.15) is 4.31 Å². The minimum atomic E-state index is -3.54. The molecule has 1 aliphatic heterocycles. The summed E-state index contributed by atoms with van der Waals surface area (Å²) >= 11 is 0. The largest absolute Gasteiger partial charge is 0.323 e. The molecule has 9 heteroatoms. The van der Waals surface area contributed by atoms with Gasteiger partial charge in [0.25, 0.3) is 5.69 Å². The van der Waals surface area contributed by atoms with E-state index in [1.54, 1.807) is 24.3 Å². The molecule has 158 valence electrons. The summed E-state index contributed by atoms with van der Waals surface area (Å²) < 4.78 is 27.1. The van der Waals surface area contributed by atoms with E-state index in [4.69, 9.17) is 0 Å². The van der Waals surface area contributed by atoms with Crippen LogP contribution in [0.5, 0.6) is 0 Å². The molecule has 3 rings (SSSR count). The SMILES string of the molecule is O=C(/C=C/c1cccc([N+](=O)[O-])c1)Nc1ccc(S(=O)(=O)N2CCCCCC2)cc1. The van der Waals surface area contributed by atoms with Gasteiger partial charge in [-0.15, -0.1) is 0 Å². The lowest BCUT2D eigenvalue weighted by atomic mass is 10.2. The summed E-state index contributed by atoms with van der Waals surface area (Å²) in [5, 5.41) is 13.5. The lowest BCUT2D eigenvalue weighted by Crippen LogP contribution is -2.31. The molecule has 0 radical (unpaired) electrons. The van der Waals surface area contributed by atoms with Gasteiger partial charge in [-0.05, 0) is 48.7 Å². The van der Waals surface area contributed by atoms with E-state index >= 15 is 0 Å². The van der Waals surface area contributed by atoms with Crippen molar-refractivity contribution in [3.63, 3.8) is 0 Å². The molecule has 1 fully saturated rings. The summed E-state index contributed by atoms with van der Waals surface area (Å²) in [7, 11) is -3.54. The Hall–Kier alpha value is -3.04. The fourth-order valence-electron chi connectivity index (χ4n) is 3.24. The van der Waals surface area contributed by atoms with Crippen LogP contribution in [0.2, 0.25) is 0 Å². The fraction of sp³-hybridized carbons (Fsp3) is 0.286. The maximum Gasteiger partial charge on any atom is 0.270 e. The number of nitrogens with zero attached hydrogens (tertiary/aromatic N) is 2. The minimum absolute atomic E-state index is 0.0567. The van der Waals surface area contributed by atoms with Crippen LogP contribution >= 0.6 is 0 Å². The van der Waals surface area contributed by atoms with E-state index < -0.39 is 20.9 Å². The summed E-state index contributed by atoms with van der Waals surface area (Å²) in [5.74, 6) is -0.426. The van der Waals surface area contributed by atoms with Crippen LogP contribution in [0.1, 0.15) is 31.2 Å². The number of nitro groups is 1. The van der Waals surface area contributed by atoms with Crippen molar-refractivity contribution in [2.75, 3.05) is 18.4 Å². The van der Waals surface area contributed by atoms with Gasteiger partial charge in [-0.3, -0.25) is 14.9 Å². The first kappa shape index (κ1) is 21.7. The van der Waals surface area contributed by atoms with Gasteiger partial charge in [-0.25, -0.2) is 8.42 Å². The van der Waals surface area contributed by atoms with E-state index in [0.29, 0.717) is 24.3 Å². The molecule has 2 aromatic rings. The number of hydrogen-bond donors (Lipinski definition) is 1. The van der Waals surface area contributed by atoms with Crippen LogP contribution in [0.25, 0.3) is 6.08 Å². The van der Waals surface area contributed by atoms with Crippen molar-refractivity contribution in [3.8, 4) is 0 Å². The molecule has 1 amide bonds. The number of rotatable bonds is 6. The monoisotopic (exact) mass is 429 g/mol. The second-order valence-corrected chi connectivity index (χ2v) is 8.96. The molecule has 0 bridgehead atoms. The Morgan fingerprint density at radius 1 is 1.03 bits per heavy atom. The van der Waals surface area contributed by atoms with Gasteiger partial charge in [0.05, 0.1) is 9.82 Å². The van der Waals surface area contributed by atoms with Crippen LogP contribution in [0, 0.1) is 10.1 Å². The highest BCUT2D eigenvalue weighted by molar-refractivity contribution is 7.89. The van der Waals surface area contributed by atoms with Gasteiger partial charge in [-0.1, -0.05) is 25.0 Å². The van der Waals surface area contributed by atoms with Crippen LogP contribution in [0.15, 0.2) is 59.5 Å². The van der Waals surface area contributed by atoms with Crippen LogP contribution in [0.3, 0.4) is 0 Å². The Morgan fingerprint density at radius 2 is 1.70 bits per heavy atom. The molecular formula is C21H23N3O5S. The number of nitro benzene ring substituents is 1. The summed E-state index contributed by atoms with van der Waals surface area (Å²) in [6.45, 7) is 1.06. The predicted molar refractivity (Wildman–Crippen MR) is 114 cm³/mol. The van der Waals surface area contributed by atoms with Crippen molar-refractivity contribution < 1.29 is 18.1 Å². The Labute approximate surface area is 175 Å². The van der Waals surface area contributed by atoms with E-state index in [-0.39, 0.29) is 10.6 Å². The van der Waals surface area contributed by atoms with Crippen molar-refractivity contribution >= 4 is 33.4 Å². The lowest BCUT2D eigenvalue weighted by Gasteiger charge is -2.20. The lowest BCUT2D eigenvalue weighted by molar-refractivity contribution is -0.384. The molecule has 0 saturated carbocycles. The highest BCUT2D eigenvalue weighted by Gasteiger charge is 2.24. The molecule has 0 aliphatic carbocycles. The average molecular weight is 429 g/mol. The van der Waals surface area contributed by atoms with Gasteiger partial charge in [0.15, 0.2) is 0 Å². The minimum Gasteiger partial charge on any atom is -0.323 e. The predicted octanol–water partition coefficient (Wildman–Crippen LogP) is 3.81. The molecule has 8 nitrogen and oxygen atoms in total. The first-order chi connectivity index (χ1) is 14.4. The Morgan fingerprint density at radius 3 is 2.33 bits per heavy atom. The fourth-order valence-corrected chi connectivity index (χ4v) is 4.76. The highest BCUT2D eigenvalue weighted by atomic mass is 32.2. The van der Waals surface area contributed by atoms with E-state index in [1.165, 1.54) is 40.7 Å². The van der Waals surface area contributed by atoms with Crippen LogP contribution in [-0.4, -0.2) is 36.6 Å². The smallest absolute Gasteiger partial charge is 0.270 e. The van der Waals surface area contributed by atoms with Gasteiger partial charge in [0, 0.05) is 37.0 Å². The van der Waals surface area contributed by atoms with Crippen molar-refractivity contribution in [3.05, 3.63) is 70.3 Å². The third-order valence-electron chi connectivity index (χ3n) is 4.83. The second kappa shape index (κ2) is 9.64. The Kier molecular flexibility index (Phi) is 6.96. The Bertz CT molecular complexity index is 1040. The molecule has 1 aliphatic rings. The standard InChI is InChI=1S/C21H23N3O5S/c25-21(13-8-17-6-5-7-19(16-17)24(26)27)22-18-9-11-20(12-10-18)30(28,29)23-14-3-1-2-4-15-23/h5-13,16H,1-4,14-15H2,(H,22,25)/b13-8+. The van der Waals surface area contributed by atoms with E-state index in [2.05, 4.69) is 5.32 Å². The summed E-state index contributed by atoms with van der Waals surface area (Å²) in [6.07, 6.45) is 6.55. The van der Waals surface area contributed by atoms with E-state index in [9.17, 15) is 23.3 Å². The molecule has 30 heavy (non-hydrogen) atoms. The molecule has 1 saturated heterocycles. The van der Waals surface area contributed by atoms with E-state index in [0.717, 1.165) is 25.7 Å². The van der Waals surface area contributed by atoms with E-state index in [1.807, 2.05) is 0 Å². The number of carbonyl (C=O) groups is 1. The first-order valence-electron chi connectivity index (χ1n) is 9.70. The van der Waals surface area contributed by atoms with Gasteiger partial charge in [0.2, 0.25) is 15.9 Å². The van der Waals surface area contributed by atoms with Crippen molar-refractivity contribution in [1.29, 1.82) is 0 Å². The zero-order chi connectivity index (χ0) is 21.6. The normalized spacial score (nSPS) is 15.6. The number of amides is 1. The van der Waals surface area contributed by atoms with Crippen molar-refractivity contribution in [1.82, 2.24) is 4.31 Å². The summed E-state index contributed by atoms with van der Waals surface area (Å²) in [4.78, 5) is 22.6. The zero-order valence-electron chi connectivity index (χ0n) is 16.4. The third-order valence-corrected chi connectivity index (χ3v) is 6.75. The maximum atomic E-state index is 12.8. The second-order valence-electron chi connectivity index (χ2n) is 7.02. The van der Waals surface area contributed by atoms with Crippen molar-refractivity contribution in [2.24, 2.45) is 0 Å². The molecule has 2 aromatic carbocycles. The summed E-state index contributed by atoms with van der Waals surface area (Å²) in [5.41, 5.74) is 0.926. The van der Waals surface area contributed by atoms with Gasteiger partial charge in [0.1, 0.15) is 0 Å². The third kappa shape index (κ3) is 5.52. The molecule has 0 spiro atoms. The highest BCUT2D eigenvalue weighted by Crippen LogP contribution is 2.22. The number of non-ortho nitro benzene ring substituents is 1. The molecule has 1 heterocycles. The summed E-state index contributed by atoms with van der Waals surface area (Å²) in [6, 6.07) is 12.0. The topological polar surface area (TPSA) is 110 Å². The number of sulfonamides is 1. The molecule has 1 N–H and O–H groups in total. The number of benzene rings is 2. The number of hydrogen-bond acceptors (Lipinski definition) is 5. The number of nitrogens with one attached hydrogen (secondary N) is 1. The van der Waals surface area contributed by atoms with Gasteiger partial charge < -0.3 is 5.32 Å². The average Bonchev–Trinajstić information content (AvgIpc) is 3.03. The van der Waals surface area contributed by atoms with Crippen LogP contribution < -0.4 is 5.32 Å². The molecule has 0 unspecified atom stereocenters. The molecular weight excluding hydrogens is 406 g/mol. The zero-order valence-corrected chi connectivity index (χ0v) is 17.2.